The zero-order valence-electron chi connectivity index (χ0n) is 10.7. The highest BCUT2D eigenvalue weighted by Gasteiger charge is 2.08. The Hall–Kier alpha value is -2.63. The molecule has 2 aromatic rings. The summed E-state index contributed by atoms with van der Waals surface area (Å²) in [6.07, 6.45) is 0. The average Bonchev–Trinajstić information content (AvgIpc) is 2.39. The van der Waals surface area contributed by atoms with Crippen molar-refractivity contribution in [2.24, 2.45) is 0 Å². The number of carbonyl (C=O) groups excluding carboxylic acids is 1. The molecule has 6 nitrogen and oxygen atoms in total. The second-order valence-corrected chi connectivity index (χ2v) is 3.94. The molecule has 0 aliphatic heterocycles. The number of carbonyl (C=O) groups is 1. The first-order valence-corrected chi connectivity index (χ1v) is 5.65. The molecule has 0 spiro atoms. The van der Waals surface area contributed by atoms with Crippen LogP contribution in [-0.2, 0) is 4.79 Å². The number of aromatic nitrogens is 2. The minimum atomic E-state index is -0.168. The number of methoxy groups -OCH3 is 1. The fourth-order valence-electron chi connectivity index (χ4n) is 1.65. The summed E-state index contributed by atoms with van der Waals surface area (Å²) in [5.74, 6) is 0.778. The minimum absolute atomic E-state index is 0.168. The van der Waals surface area contributed by atoms with Gasteiger partial charge in [-0.1, -0.05) is 0 Å². The number of hydrogen-bond acceptors (Lipinski definition) is 5. The highest BCUT2D eigenvalue weighted by atomic mass is 16.5. The first-order valence-electron chi connectivity index (χ1n) is 5.65. The lowest BCUT2D eigenvalue weighted by molar-refractivity contribution is -0.114. The van der Waals surface area contributed by atoms with Gasteiger partial charge in [-0.15, -0.1) is 10.2 Å². The van der Waals surface area contributed by atoms with Crippen molar-refractivity contribution < 1.29 is 9.53 Å². The van der Waals surface area contributed by atoms with Gasteiger partial charge in [0.15, 0.2) is 0 Å². The Morgan fingerprint density at radius 1 is 1.26 bits per heavy atom. The molecule has 0 atom stereocenters. The van der Waals surface area contributed by atoms with E-state index in [2.05, 4.69) is 15.5 Å². The summed E-state index contributed by atoms with van der Waals surface area (Å²) in [5, 5.41) is 10.5. The van der Waals surface area contributed by atoms with E-state index in [1.54, 1.807) is 31.4 Å². The minimum Gasteiger partial charge on any atom is -0.495 e. The van der Waals surface area contributed by atoms with Crippen molar-refractivity contribution in [2.45, 2.75) is 6.92 Å². The SMILES string of the molecule is COc1ccc(-c2ccc(N)nn2)cc1NC(C)=O. The lowest BCUT2D eigenvalue weighted by Gasteiger charge is -2.10. The molecule has 0 radical (unpaired) electrons. The highest BCUT2D eigenvalue weighted by molar-refractivity contribution is 5.91. The molecule has 3 N–H and O–H groups in total. The predicted octanol–water partition coefficient (Wildman–Crippen LogP) is 1.69. The van der Waals surface area contributed by atoms with Crippen LogP contribution in [0.3, 0.4) is 0 Å². The molecule has 6 heteroatoms. The second-order valence-electron chi connectivity index (χ2n) is 3.94. The number of hydrogen-bond donors (Lipinski definition) is 2. The molecule has 0 saturated heterocycles. The van der Waals surface area contributed by atoms with Crippen LogP contribution in [0.25, 0.3) is 11.3 Å². The number of nitrogens with two attached hydrogens (primary N) is 1. The van der Waals surface area contributed by atoms with Gasteiger partial charge in [-0.05, 0) is 30.3 Å². The fourth-order valence-corrected chi connectivity index (χ4v) is 1.65. The van der Waals surface area contributed by atoms with Crippen molar-refractivity contribution >= 4 is 17.4 Å². The smallest absolute Gasteiger partial charge is 0.221 e. The molecule has 1 aromatic carbocycles. The molecule has 1 amide bonds. The van der Waals surface area contributed by atoms with Crippen molar-refractivity contribution in [2.75, 3.05) is 18.2 Å². The largest absolute Gasteiger partial charge is 0.495 e. The van der Waals surface area contributed by atoms with Gasteiger partial charge >= 0.3 is 0 Å². The average molecular weight is 258 g/mol. The maximum Gasteiger partial charge on any atom is 0.221 e. The molecule has 19 heavy (non-hydrogen) atoms. The Bertz CT molecular complexity index is 596. The number of amides is 1. The summed E-state index contributed by atoms with van der Waals surface area (Å²) < 4.78 is 5.19. The van der Waals surface area contributed by atoms with Crippen LogP contribution in [0.1, 0.15) is 6.92 Å². The monoisotopic (exact) mass is 258 g/mol. The van der Waals surface area contributed by atoms with E-state index in [4.69, 9.17) is 10.5 Å². The fraction of sp³-hybridized carbons (Fsp3) is 0.154. The van der Waals surface area contributed by atoms with Crippen LogP contribution >= 0.6 is 0 Å². The second kappa shape index (κ2) is 5.34. The van der Waals surface area contributed by atoms with E-state index in [-0.39, 0.29) is 5.91 Å². The van der Waals surface area contributed by atoms with E-state index >= 15 is 0 Å². The van der Waals surface area contributed by atoms with Gasteiger partial charge in [0, 0.05) is 12.5 Å². The maximum absolute atomic E-state index is 11.2. The van der Waals surface area contributed by atoms with Crippen molar-refractivity contribution in [3.05, 3.63) is 30.3 Å². The van der Waals surface area contributed by atoms with E-state index in [9.17, 15) is 4.79 Å². The number of nitrogens with one attached hydrogen (secondary N) is 1. The first-order chi connectivity index (χ1) is 9.10. The molecule has 1 heterocycles. The van der Waals surface area contributed by atoms with Crippen LogP contribution in [0.2, 0.25) is 0 Å². The molecule has 0 saturated carbocycles. The summed E-state index contributed by atoms with van der Waals surface area (Å²) in [7, 11) is 1.54. The Balaban J connectivity index is 2.42. The predicted molar refractivity (Wildman–Crippen MR) is 72.7 cm³/mol. The maximum atomic E-state index is 11.2. The molecule has 0 fully saturated rings. The van der Waals surface area contributed by atoms with E-state index in [0.29, 0.717) is 22.9 Å². The Morgan fingerprint density at radius 3 is 2.63 bits per heavy atom. The number of rotatable bonds is 3. The molecule has 2 rings (SSSR count). The Morgan fingerprint density at radius 2 is 2.05 bits per heavy atom. The van der Waals surface area contributed by atoms with Crippen LogP contribution in [0.15, 0.2) is 30.3 Å². The van der Waals surface area contributed by atoms with Crippen LogP contribution in [0.5, 0.6) is 5.75 Å². The van der Waals surface area contributed by atoms with Gasteiger partial charge in [0.1, 0.15) is 11.6 Å². The molecular formula is C13H14N4O2. The number of nitrogen functional groups attached to an aromatic ring is 1. The molecule has 1 aromatic heterocycles. The van der Waals surface area contributed by atoms with E-state index in [0.717, 1.165) is 5.56 Å². The van der Waals surface area contributed by atoms with Gasteiger partial charge in [0.25, 0.3) is 0 Å². The van der Waals surface area contributed by atoms with Gasteiger partial charge in [-0.25, -0.2) is 0 Å². The summed E-state index contributed by atoms with van der Waals surface area (Å²) in [6, 6.07) is 8.82. The van der Waals surface area contributed by atoms with Gasteiger partial charge in [0.05, 0.1) is 18.5 Å². The highest BCUT2D eigenvalue weighted by Crippen LogP contribution is 2.29. The number of benzene rings is 1. The lowest BCUT2D eigenvalue weighted by atomic mass is 10.1. The van der Waals surface area contributed by atoms with Crippen molar-refractivity contribution in [1.82, 2.24) is 10.2 Å². The van der Waals surface area contributed by atoms with E-state index in [1.165, 1.54) is 6.92 Å². The molecule has 0 aliphatic carbocycles. The Labute approximate surface area is 110 Å². The summed E-state index contributed by atoms with van der Waals surface area (Å²) in [4.78, 5) is 11.2. The Kier molecular flexibility index (Phi) is 3.61. The molecule has 0 unspecified atom stereocenters. The summed E-state index contributed by atoms with van der Waals surface area (Å²) in [6.45, 7) is 1.44. The van der Waals surface area contributed by atoms with Crippen LogP contribution in [-0.4, -0.2) is 23.2 Å². The number of ether oxygens (including phenoxy) is 1. The summed E-state index contributed by atoms with van der Waals surface area (Å²) >= 11 is 0. The van der Waals surface area contributed by atoms with Crippen LogP contribution in [0, 0.1) is 0 Å². The van der Waals surface area contributed by atoms with Crippen molar-refractivity contribution in [3.8, 4) is 17.0 Å². The summed E-state index contributed by atoms with van der Waals surface area (Å²) in [5.41, 5.74) is 7.57. The molecule has 98 valence electrons. The van der Waals surface area contributed by atoms with Crippen LogP contribution in [0.4, 0.5) is 11.5 Å². The van der Waals surface area contributed by atoms with Gasteiger partial charge in [-0.2, -0.15) is 0 Å². The van der Waals surface area contributed by atoms with E-state index < -0.39 is 0 Å². The molecule has 0 bridgehead atoms. The van der Waals surface area contributed by atoms with E-state index in [1.807, 2.05) is 6.07 Å². The normalized spacial score (nSPS) is 10.0. The first kappa shape index (κ1) is 12.8. The zero-order valence-corrected chi connectivity index (χ0v) is 10.7. The third-order valence-corrected chi connectivity index (χ3v) is 2.49. The zero-order chi connectivity index (χ0) is 13.8. The topological polar surface area (TPSA) is 90.1 Å². The van der Waals surface area contributed by atoms with Gasteiger partial charge in [0.2, 0.25) is 5.91 Å². The quantitative estimate of drug-likeness (QED) is 0.874. The third kappa shape index (κ3) is 2.98. The number of nitrogens with zero attached hydrogens (tertiary/aromatic N) is 2. The van der Waals surface area contributed by atoms with Gasteiger partial charge in [-0.3, -0.25) is 4.79 Å². The standard InChI is InChI=1S/C13H14N4O2/c1-8(18)15-11-7-9(3-5-12(11)19-2)10-4-6-13(14)17-16-10/h3-7H,1-2H3,(H2,14,17)(H,15,18). The van der Waals surface area contributed by atoms with Crippen molar-refractivity contribution in [1.29, 1.82) is 0 Å². The van der Waals surface area contributed by atoms with Crippen molar-refractivity contribution in [3.63, 3.8) is 0 Å². The lowest BCUT2D eigenvalue weighted by Crippen LogP contribution is -2.07. The number of anilines is 2. The van der Waals surface area contributed by atoms with Gasteiger partial charge < -0.3 is 15.8 Å². The molecule has 0 aliphatic rings. The van der Waals surface area contributed by atoms with Crippen LogP contribution < -0.4 is 15.8 Å². The molecular weight excluding hydrogens is 244 g/mol. The third-order valence-electron chi connectivity index (χ3n) is 2.49.